The molecule has 0 aromatic rings. The third kappa shape index (κ3) is 2.71. The van der Waals surface area contributed by atoms with E-state index in [1.54, 1.807) is 7.11 Å². The molecule has 2 N–H and O–H groups in total. The van der Waals surface area contributed by atoms with E-state index in [2.05, 4.69) is 10.2 Å². The molecule has 1 saturated heterocycles. The minimum Gasteiger partial charge on any atom is -0.395 e. The molecule has 1 rings (SSSR count). The number of aliphatic hydroxyl groups is 1. The molecule has 0 aromatic carbocycles. The Morgan fingerprint density at radius 1 is 1.50 bits per heavy atom. The summed E-state index contributed by atoms with van der Waals surface area (Å²) in [6, 6.07) is 0.178. The van der Waals surface area contributed by atoms with Gasteiger partial charge >= 0.3 is 0 Å². The van der Waals surface area contributed by atoms with Crippen molar-refractivity contribution in [3.63, 3.8) is 0 Å². The van der Waals surface area contributed by atoms with Gasteiger partial charge in [-0.25, -0.2) is 0 Å². The maximum atomic E-state index is 9.07. The number of hydrogen-bond acceptors (Lipinski definition) is 4. The van der Waals surface area contributed by atoms with Gasteiger partial charge in [-0.05, 0) is 0 Å². The van der Waals surface area contributed by atoms with Crippen molar-refractivity contribution < 1.29 is 9.84 Å². The van der Waals surface area contributed by atoms with Crippen LogP contribution in [0.2, 0.25) is 0 Å². The van der Waals surface area contributed by atoms with Crippen molar-refractivity contribution in [2.45, 2.75) is 6.04 Å². The molecule has 0 aromatic heterocycles. The lowest BCUT2D eigenvalue weighted by Gasteiger charge is -2.33. The number of methoxy groups -OCH3 is 1. The Hall–Kier alpha value is -0.160. The lowest BCUT2D eigenvalue weighted by Crippen LogP contribution is -2.51. The van der Waals surface area contributed by atoms with Crippen molar-refractivity contribution in [1.29, 1.82) is 0 Å². The summed E-state index contributed by atoms with van der Waals surface area (Å²) in [6.07, 6.45) is 0. The molecule has 0 amide bonds. The average Bonchev–Trinajstić information content (AvgIpc) is 2.15. The van der Waals surface area contributed by atoms with Crippen LogP contribution in [0.25, 0.3) is 0 Å². The fourth-order valence-electron chi connectivity index (χ4n) is 1.51. The predicted octanol–water partition coefficient (Wildman–Crippen LogP) is -1.10. The smallest absolute Gasteiger partial charge is 0.0640 e. The Labute approximate surface area is 73.5 Å². The topological polar surface area (TPSA) is 44.7 Å². The van der Waals surface area contributed by atoms with Crippen molar-refractivity contribution in [2.75, 3.05) is 46.5 Å². The Bertz CT molecular complexity index is 113. The molecule has 1 heterocycles. The molecular weight excluding hydrogens is 156 g/mol. The Kier molecular flexibility index (Phi) is 4.53. The van der Waals surface area contributed by atoms with Crippen molar-refractivity contribution in [3.05, 3.63) is 0 Å². The average molecular weight is 174 g/mol. The molecule has 1 atom stereocenters. The van der Waals surface area contributed by atoms with Gasteiger partial charge in [0.2, 0.25) is 0 Å². The van der Waals surface area contributed by atoms with Crippen LogP contribution in [0.5, 0.6) is 0 Å². The molecule has 0 spiro atoms. The van der Waals surface area contributed by atoms with E-state index >= 15 is 0 Å². The standard InChI is InChI=1S/C8H18N2O2/c1-12-7-8(6-11)10-4-2-9-3-5-10/h8-9,11H,2-7H2,1H3/t8-/m0/s1. The van der Waals surface area contributed by atoms with Crippen LogP contribution in [0, 0.1) is 0 Å². The lowest BCUT2D eigenvalue weighted by molar-refractivity contribution is 0.0460. The van der Waals surface area contributed by atoms with Crippen molar-refractivity contribution in [1.82, 2.24) is 10.2 Å². The molecule has 1 aliphatic heterocycles. The molecule has 12 heavy (non-hydrogen) atoms. The molecule has 0 bridgehead atoms. The number of aliphatic hydroxyl groups excluding tert-OH is 1. The quantitative estimate of drug-likeness (QED) is 0.568. The fourth-order valence-corrected chi connectivity index (χ4v) is 1.51. The van der Waals surface area contributed by atoms with Gasteiger partial charge in [0, 0.05) is 33.3 Å². The zero-order valence-electron chi connectivity index (χ0n) is 7.62. The first kappa shape index (κ1) is 9.92. The maximum absolute atomic E-state index is 9.07. The zero-order valence-corrected chi connectivity index (χ0v) is 7.62. The van der Waals surface area contributed by atoms with Gasteiger partial charge in [0.05, 0.1) is 19.3 Å². The highest BCUT2D eigenvalue weighted by atomic mass is 16.5. The van der Waals surface area contributed by atoms with E-state index in [9.17, 15) is 0 Å². The van der Waals surface area contributed by atoms with Crippen LogP contribution in [0.1, 0.15) is 0 Å². The van der Waals surface area contributed by atoms with Gasteiger partial charge in [-0.2, -0.15) is 0 Å². The summed E-state index contributed by atoms with van der Waals surface area (Å²) in [6.45, 7) is 4.86. The van der Waals surface area contributed by atoms with Gasteiger partial charge < -0.3 is 15.2 Å². The van der Waals surface area contributed by atoms with Gasteiger partial charge in [-0.15, -0.1) is 0 Å². The highest BCUT2D eigenvalue weighted by Gasteiger charge is 2.18. The molecular formula is C8H18N2O2. The van der Waals surface area contributed by atoms with Gasteiger partial charge in [0.1, 0.15) is 0 Å². The molecule has 4 heteroatoms. The van der Waals surface area contributed by atoms with Crippen molar-refractivity contribution >= 4 is 0 Å². The largest absolute Gasteiger partial charge is 0.395 e. The minimum absolute atomic E-state index is 0.178. The zero-order chi connectivity index (χ0) is 8.81. The number of hydrogen-bond donors (Lipinski definition) is 2. The van der Waals surface area contributed by atoms with Crippen LogP contribution in [-0.2, 0) is 4.74 Å². The van der Waals surface area contributed by atoms with Gasteiger partial charge in [-0.1, -0.05) is 0 Å². The number of ether oxygens (including phenoxy) is 1. The second-order valence-corrected chi connectivity index (χ2v) is 3.08. The van der Waals surface area contributed by atoms with Crippen molar-refractivity contribution in [3.8, 4) is 0 Å². The molecule has 0 saturated carbocycles. The predicted molar refractivity (Wildman–Crippen MR) is 47.2 cm³/mol. The molecule has 0 unspecified atom stereocenters. The monoisotopic (exact) mass is 174 g/mol. The lowest BCUT2D eigenvalue weighted by atomic mass is 10.2. The SMILES string of the molecule is COC[C@H](CO)N1CCNCC1. The molecule has 4 nitrogen and oxygen atoms in total. The number of rotatable bonds is 4. The molecule has 1 aliphatic rings. The van der Waals surface area contributed by atoms with Crippen LogP contribution < -0.4 is 5.32 Å². The summed E-state index contributed by atoms with van der Waals surface area (Å²) in [7, 11) is 1.67. The minimum atomic E-state index is 0.178. The normalized spacial score (nSPS) is 22.5. The second-order valence-electron chi connectivity index (χ2n) is 3.08. The van der Waals surface area contributed by atoms with E-state index in [1.807, 2.05) is 0 Å². The van der Waals surface area contributed by atoms with E-state index in [1.165, 1.54) is 0 Å². The van der Waals surface area contributed by atoms with Crippen LogP contribution in [0.4, 0.5) is 0 Å². The number of nitrogens with one attached hydrogen (secondary N) is 1. The van der Waals surface area contributed by atoms with Crippen LogP contribution >= 0.6 is 0 Å². The van der Waals surface area contributed by atoms with Crippen LogP contribution in [0.15, 0.2) is 0 Å². The number of nitrogens with zero attached hydrogens (tertiary/aromatic N) is 1. The van der Waals surface area contributed by atoms with Crippen molar-refractivity contribution in [2.24, 2.45) is 0 Å². The first-order valence-corrected chi connectivity index (χ1v) is 4.43. The van der Waals surface area contributed by atoms with Crippen LogP contribution in [-0.4, -0.2) is 62.6 Å². The summed E-state index contributed by atoms with van der Waals surface area (Å²) in [4.78, 5) is 2.26. The Morgan fingerprint density at radius 3 is 2.67 bits per heavy atom. The third-order valence-corrected chi connectivity index (χ3v) is 2.24. The first-order valence-electron chi connectivity index (χ1n) is 4.43. The maximum Gasteiger partial charge on any atom is 0.0640 e. The fraction of sp³-hybridized carbons (Fsp3) is 1.00. The summed E-state index contributed by atoms with van der Waals surface area (Å²) in [5.41, 5.74) is 0. The van der Waals surface area contributed by atoms with E-state index in [0.717, 1.165) is 26.2 Å². The Morgan fingerprint density at radius 2 is 2.17 bits per heavy atom. The van der Waals surface area contributed by atoms with Gasteiger partial charge in [0.15, 0.2) is 0 Å². The molecule has 1 fully saturated rings. The summed E-state index contributed by atoms with van der Waals surface area (Å²) in [5, 5.41) is 12.3. The van der Waals surface area contributed by atoms with E-state index in [-0.39, 0.29) is 12.6 Å². The van der Waals surface area contributed by atoms with Gasteiger partial charge in [0.25, 0.3) is 0 Å². The highest BCUT2D eigenvalue weighted by molar-refractivity contribution is 4.75. The summed E-state index contributed by atoms with van der Waals surface area (Å²) in [5.74, 6) is 0. The van der Waals surface area contributed by atoms with Gasteiger partial charge in [-0.3, -0.25) is 4.90 Å². The van der Waals surface area contributed by atoms with E-state index in [4.69, 9.17) is 9.84 Å². The molecule has 0 radical (unpaired) electrons. The van der Waals surface area contributed by atoms with E-state index in [0.29, 0.717) is 6.61 Å². The first-order chi connectivity index (χ1) is 5.88. The summed E-state index contributed by atoms with van der Waals surface area (Å²) >= 11 is 0. The third-order valence-electron chi connectivity index (χ3n) is 2.24. The highest BCUT2D eigenvalue weighted by Crippen LogP contribution is 2.00. The molecule has 0 aliphatic carbocycles. The summed E-state index contributed by atoms with van der Waals surface area (Å²) < 4.78 is 5.03. The number of piperazine rings is 1. The molecule has 72 valence electrons. The van der Waals surface area contributed by atoms with Crippen LogP contribution in [0.3, 0.4) is 0 Å². The Balaban J connectivity index is 2.29. The van der Waals surface area contributed by atoms with E-state index < -0.39 is 0 Å². The second kappa shape index (κ2) is 5.48.